The Morgan fingerprint density at radius 2 is 1.95 bits per heavy atom. The SMILES string of the molecule is C=CCc1ccccc1OCCOCC[NH2+]CCCOC. The summed E-state index contributed by atoms with van der Waals surface area (Å²) in [5.74, 6) is 0.923. The Hall–Kier alpha value is -1.36. The Morgan fingerprint density at radius 3 is 2.76 bits per heavy atom. The first-order valence-corrected chi connectivity index (χ1v) is 7.58. The molecular weight excluding hydrogens is 266 g/mol. The predicted octanol–water partition coefficient (Wildman–Crippen LogP) is 1.41. The lowest BCUT2D eigenvalue weighted by atomic mass is 10.1. The maximum Gasteiger partial charge on any atom is 0.122 e. The van der Waals surface area contributed by atoms with E-state index < -0.39 is 0 Å². The van der Waals surface area contributed by atoms with Crippen LogP contribution in [0.1, 0.15) is 12.0 Å². The van der Waals surface area contributed by atoms with E-state index in [1.165, 1.54) is 5.56 Å². The molecule has 0 fully saturated rings. The van der Waals surface area contributed by atoms with E-state index in [2.05, 4.69) is 18.0 Å². The fourth-order valence-electron chi connectivity index (χ4n) is 1.96. The van der Waals surface area contributed by atoms with E-state index in [9.17, 15) is 0 Å². The van der Waals surface area contributed by atoms with E-state index >= 15 is 0 Å². The average molecular weight is 294 g/mol. The summed E-state index contributed by atoms with van der Waals surface area (Å²) in [5.41, 5.74) is 1.17. The van der Waals surface area contributed by atoms with E-state index in [0.29, 0.717) is 13.2 Å². The minimum absolute atomic E-state index is 0.581. The molecule has 0 radical (unpaired) electrons. The molecule has 1 rings (SSSR count). The van der Waals surface area contributed by atoms with Crippen LogP contribution in [0, 0.1) is 0 Å². The number of para-hydroxylation sites is 1. The average Bonchev–Trinajstić information content (AvgIpc) is 2.51. The van der Waals surface area contributed by atoms with Crippen LogP contribution in [0.4, 0.5) is 0 Å². The Bertz CT molecular complexity index is 382. The van der Waals surface area contributed by atoms with Crippen LogP contribution in [0.2, 0.25) is 0 Å². The van der Waals surface area contributed by atoms with Crippen LogP contribution in [0.3, 0.4) is 0 Å². The van der Waals surface area contributed by atoms with Gasteiger partial charge in [-0.25, -0.2) is 0 Å². The highest BCUT2D eigenvalue weighted by atomic mass is 16.5. The molecule has 0 saturated carbocycles. The van der Waals surface area contributed by atoms with Crippen molar-refractivity contribution in [2.75, 3.05) is 46.6 Å². The maximum absolute atomic E-state index is 5.75. The smallest absolute Gasteiger partial charge is 0.122 e. The molecule has 0 aliphatic heterocycles. The number of benzene rings is 1. The molecule has 0 atom stereocenters. The van der Waals surface area contributed by atoms with Crippen LogP contribution in [0.5, 0.6) is 5.75 Å². The Kier molecular flexibility index (Phi) is 10.4. The van der Waals surface area contributed by atoms with Gasteiger partial charge in [0.15, 0.2) is 0 Å². The van der Waals surface area contributed by atoms with Gasteiger partial charge in [0.05, 0.1) is 32.9 Å². The van der Waals surface area contributed by atoms with Crippen molar-refractivity contribution in [3.63, 3.8) is 0 Å². The number of allylic oxidation sites excluding steroid dienone is 1. The number of nitrogens with two attached hydrogens (primary N) is 1. The van der Waals surface area contributed by atoms with Gasteiger partial charge >= 0.3 is 0 Å². The predicted molar refractivity (Wildman–Crippen MR) is 84.8 cm³/mol. The number of hydrogen-bond acceptors (Lipinski definition) is 3. The van der Waals surface area contributed by atoms with Gasteiger partial charge in [0.1, 0.15) is 12.4 Å². The quantitative estimate of drug-likeness (QED) is 0.442. The molecule has 118 valence electrons. The first kappa shape index (κ1) is 17.7. The van der Waals surface area contributed by atoms with Crippen molar-refractivity contribution in [3.05, 3.63) is 42.5 Å². The van der Waals surface area contributed by atoms with Crippen LogP contribution < -0.4 is 10.1 Å². The molecule has 1 aromatic rings. The second kappa shape index (κ2) is 12.4. The minimum atomic E-state index is 0.581. The highest BCUT2D eigenvalue weighted by Crippen LogP contribution is 2.18. The van der Waals surface area contributed by atoms with Gasteiger partial charge in [-0.15, -0.1) is 6.58 Å². The summed E-state index contributed by atoms with van der Waals surface area (Å²) in [5, 5.41) is 2.25. The molecule has 0 aromatic heterocycles. The molecule has 0 aliphatic rings. The molecule has 0 heterocycles. The summed E-state index contributed by atoms with van der Waals surface area (Å²) in [6, 6.07) is 8.05. The monoisotopic (exact) mass is 294 g/mol. The second-order valence-electron chi connectivity index (χ2n) is 4.77. The normalized spacial score (nSPS) is 10.5. The molecule has 4 nitrogen and oxygen atoms in total. The van der Waals surface area contributed by atoms with Gasteiger partial charge in [0, 0.05) is 13.5 Å². The van der Waals surface area contributed by atoms with Gasteiger partial charge in [0.2, 0.25) is 0 Å². The third-order valence-electron chi connectivity index (χ3n) is 3.05. The highest BCUT2D eigenvalue weighted by molar-refractivity contribution is 5.34. The summed E-state index contributed by atoms with van der Waals surface area (Å²) in [6.07, 6.45) is 3.80. The lowest BCUT2D eigenvalue weighted by Crippen LogP contribution is -2.85. The largest absolute Gasteiger partial charge is 0.491 e. The number of ether oxygens (including phenoxy) is 3. The number of hydrogen-bond donors (Lipinski definition) is 1. The molecule has 0 amide bonds. The minimum Gasteiger partial charge on any atom is -0.491 e. The Morgan fingerprint density at radius 1 is 1.10 bits per heavy atom. The molecular formula is C17H28NO3+. The maximum atomic E-state index is 5.75. The summed E-state index contributed by atoms with van der Waals surface area (Å²) < 4.78 is 16.3. The summed E-state index contributed by atoms with van der Waals surface area (Å²) in [7, 11) is 1.73. The van der Waals surface area contributed by atoms with Crippen LogP contribution >= 0.6 is 0 Å². The van der Waals surface area contributed by atoms with E-state index in [1.54, 1.807) is 7.11 Å². The van der Waals surface area contributed by atoms with Gasteiger partial charge in [-0.1, -0.05) is 24.3 Å². The summed E-state index contributed by atoms with van der Waals surface area (Å²) in [4.78, 5) is 0. The first-order valence-electron chi connectivity index (χ1n) is 7.58. The zero-order valence-corrected chi connectivity index (χ0v) is 13.1. The number of rotatable bonds is 13. The number of methoxy groups -OCH3 is 1. The fraction of sp³-hybridized carbons (Fsp3) is 0.529. The van der Waals surface area contributed by atoms with Gasteiger partial charge in [-0.2, -0.15) is 0 Å². The van der Waals surface area contributed by atoms with Crippen LogP contribution in [0.25, 0.3) is 0 Å². The standard InChI is InChI=1S/C17H27NO3/c1-3-7-16-8-4-5-9-17(16)21-15-14-20-13-11-18-10-6-12-19-2/h3-5,8-9,18H,1,6-7,10-15H2,2H3/p+1. The summed E-state index contributed by atoms with van der Waals surface area (Å²) >= 11 is 0. The van der Waals surface area contributed by atoms with Gasteiger partial charge in [-0.3, -0.25) is 0 Å². The third-order valence-corrected chi connectivity index (χ3v) is 3.05. The molecule has 0 unspecified atom stereocenters. The van der Waals surface area contributed by atoms with Crippen molar-refractivity contribution in [2.24, 2.45) is 0 Å². The Balaban J connectivity index is 2.03. The first-order chi connectivity index (χ1) is 10.4. The van der Waals surface area contributed by atoms with Gasteiger partial charge in [0.25, 0.3) is 0 Å². The number of quaternary nitrogens is 1. The van der Waals surface area contributed by atoms with Crippen molar-refractivity contribution >= 4 is 0 Å². The van der Waals surface area contributed by atoms with Gasteiger partial charge < -0.3 is 19.5 Å². The molecule has 0 bridgehead atoms. The summed E-state index contributed by atoms with van der Waals surface area (Å²) in [6.45, 7) is 8.62. The van der Waals surface area contributed by atoms with E-state index in [0.717, 1.165) is 44.9 Å². The van der Waals surface area contributed by atoms with Crippen LogP contribution in [0.15, 0.2) is 36.9 Å². The van der Waals surface area contributed by atoms with Gasteiger partial charge in [-0.05, 0) is 18.1 Å². The zero-order valence-electron chi connectivity index (χ0n) is 13.1. The Labute approximate surface area is 128 Å². The molecule has 1 aromatic carbocycles. The van der Waals surface area contributed by atoms with Crippen LogP contribution in [-0.4, -0.2) is 46.6 Å². The third kappa shape index (κ3) is 8.50. The van der Waals surface area contributed by atoms with E-state index in [1.807, 2.05) is 24.3 Å². The molecule has 0 aliphatic carbocycles. The molecule has 2 N–H and O–H groups in total. The van der Waals surface area contributed by atoms with E-state index in [4.69, 9.17) is 14.2 Å². The van der Waals surface area contributed by atoms with E-state index in [-0.39, 0.29) is 0 Å². The molecule has 4 heteroatoms. The van der Waals surface area contributed by atoms with Crippen molar-refractivity contribution < 1.29 is 19.5 Å². The molecule has 21 heavy (non-hydrogen) atoms. The molecule has 0 spiro atoms. The fourth-order valence-corrected chi connectivity index (χ4v) is 1.96. The second-order valence-corrected chi connectivity index (χ2v) is 4.77. The highest BCUT2D eigenvalue weighted by Gasteiger charge is 2.00. The van der Waals surface area contributed by atoms with Crippen molar-refractivity contribution in [3.8, 4) is 5.75 Å². The lowest BCUT2D eigenvalue weighted by molar-refractivity contribution is -0.656. The van der Waals surface area contributed by atoms with Crippen LogP contribution in [-0.2, 0) is 15.9 Å². The zero-order chi connectivity index (χ0) is 15.2. The lowest BCUT2D eigenvalue weighted by Gasteiger charge is -2.10. The van der Waals surface area contributed by atoms with Crippen molar-refractivity contribution in [1.82, 2.24) is 0 Å². The molecule has 0 saturated heterocycles. The topological polar surface area (TPSA) is 44.3 Å². The van der Waals surface area contributed by atoms with Crippen molar-refractivity contribution in [1.29, 1.82) is 0 Å². The van der Waals surface area contributed by atoms with Crippen molar-refractivity contribution in [2.45, 2.75) is 12.8 Å².